The third-order valence-corrected chi connectivity index (χ3v) is 5.30. The van der Waals surface area contributed by atoms with Gasteiger partial charge in [-0.1, -0.05) is 19.8 Å². The molecule has 1 aliphatic carbocycles. The van der Waals surface area contributed by atoms with Crippen molar-refractivity contribution in [2.45, 2.75) is 57.2 Å². The Bertz CT molecular complexity index is 411. The molecule has 2 atom stereocenters. The summed E-state index contributed by atoms with van der Waals surface area (Å²) in [7, 11) is -3.73. The second kappa shape index (κ2) is 6.62. The van der Waals surface area contributed by atoms with Crippen molar-refractivity contribution in [3.8, 4) is 0 Å². The monoisotopic (exact) mass is 316 g/mol. The van der Waals surface area contributed by atoms with E-state index in [0.717, 1.165) is 12.8 Å². The van der Waals surface area contributed by atoms with Crippen LogP contribution >= 0.6 is 0 Å². The second-order valence-corrected chi connectivity index (χ2v) is 7.67. The van der Waals surface area contributed by atoms with Gasteiger partial charge in [-0.25, -0.2) is 13.1 Å². The molecule has 0 aromatic heterocycles. The fourth-order valence-electron chi connectivity index (χ4n) is 2.82. The van der Waals surface area contributed by atoms with E-state index >= 15 is 0 Å². The van der Waals surface area contributed by atoms with Gasteiger partial charge in [-0.2, -0.15) is 13.2 Å². The Morgan fingerprint density at radius 3 is 2.55 bits per heavy atom. The van der Waals surface area contributed by atoms with Crippen molar-refractivity contribution in [1.29, 1.82) is 0 Å². The molecule has 0 aliphatic heterocycles. The fraction of sp³-hybridized carbons (Fsp3) is 1.00. The molecule has 8 heteroatoms. The lowest BCUT2D eigenvalue weighted by Crippen LogP contribution is -2.56. The zero-order valence-corrected chi connectivity index (χ0v) is 12.5. The summed E-state index contributed by atoms with van der Waals surface area (Å²) in [4.78, 5) is 0. The predicted molar refractivity (Wildman–Crippen MR) is 71.6 cm³/mol. The van der Waals surface area contributed by atoms with E-state index in [4.69, 9.17) is 5.73 Å². The van der Waals surface area contributed by atoms with E-state index in [1.165, 1.54) is 0 Å². The molecule has 120 valence electrons. The highest BCUT2D eigenvalue weighted by molar-refractivity contribution is 7.89. The van der Waals surface area contributed by atoms with E-state index < -0.39 is 40.3 Å². The third-order valence-electron chi connectivity index (χ3n) is 3.73. The maximum atomic E-state index is 12.0. The Hall–Kier alpha value is -0.340. The van der Waals surface area contributed by atoms with E-state index in [2.05, 4.69) is 4.72 Å². The molecule has 0 spiro atoms. The van der Waals surface area contributed by atoms with E-state index in [1.807, 2.05) is 6.92 Å². The minimum Gasteiger partial charge on any atom is -0.329 e. The summed E-state index contributed by atoms with van der Waals surface area (Å²) < 4.78 is 62.5. The zero-order chi connectivity index (χ0) is 15.4. The van der Waals surface area contributed by atoms with Crippen LogP contribution in [-0.2, 0) is 10.0 Å². The number of halogens is 3. The Kier molecular flexibility index (Phi) is 5.86. The highest BCUT2D eigenvalue weighted by Crippen LogP contribution is 2.32. The fourth-order valence-corrected chi connectivity index (χ4v) is 4.38. The lowest BCUT2D eigenvalue weighted by atomic mass is 9.77. The van der Waals surface area contributed by atoms with Gasteiger partial charge in [0, 0.05) is 18.5 Å². The Morgan fingerprint density at radius 1 is 1.40 bits per heavy atom. The topological polar surface area (TPSA) is 72.2 Å². The Labute approximate surface area is 118 Å². The Balaban J connectivity index is 2.59. The number of nitrogens with two attached hydrogens (primary N) is 1. The van der Waals surface area contributed by atoms with Gasteiger partial charge in [-0.05, 0) is 25.2 Å². The molecule has 3 N–H and O–H groups in total. The highest BCUT2D eigenvalue weighted by atomic mass is 32.2. The smallest absolute Gasteiger partial charge is 0.329 e. The van der Waals surface area contributed by atoms with Gasteiger partial charge in [-0.15, -0.1) is 0 Å². The number of hydrogen-bond acceptors (Lipinski definition) is 3. The number of alkyl halides is 3. The van der Waals surface area contributed by atoms with Crippen LogP contribution in [0.4, 0.5) is 13.2 Å². The minimum atomic E-state index is -4.32. The molecule has 1 aliphatic rings. The van der Waals surface area contributed by atoms with Crippen molar-refractivity contribution in [3.05, 3.63) is 0 Å². The first-order chi connectivity index (χ1) is 9.08. The first-order valence-electron chi connectivity index (χ1n) is 6.86. The zero-order valence-electron chi connectivity index (χ0n) is 11.7. The van der Waals surface area contributed by atoms with Gasteiger partial charge in [0.2, 0.25) is 10.0 Å². The van der Waals surface area contributed by atoms with Crippen molar-refractivity contribution in [3.63, 3.8) is 0 Å². The van der Waals surface area contributed by atoms with Gasteiger partial charge in [0.05, 0.1) is 5.75 Å². The first-order valence-corrected chi connectivity index (χ1v) is 8.51. The van der Waals surface area contributed by atoms with Crippen molar-refractivity contribution < 1.29 is 21.6 Å². The van der Waals surface area contributed by atoms with Crippen molar-refractivity contribution in [2.24, 2.45) is 11.7 Å². The lowest BCUT2D eigenvalue weighted by Gasteiger charge is -2.39. The number of nitrogens with one attached hydrogen (secondary N) is 1. The minimum absolute atomic E-state index is 0.176. The normalized spacial score (nSPS) is 28.6. The average Bonchev–Trinajstić information content (AvgIpc) is 2.26. The molecule has 0 bridgehead atoms. The van der Waals surface area contributed by atoms with E-state index in [1.54, 1.807) is 0 Å². The summed E-state index contributed by atoms with van der Waals surface area (Å²) in [6.07, 6.45) is -2.63. The van der Waals surface area contributed by atoms with Gasteiger partial charge in [-0.3, -0.25) is 0 Å². The van der Waals surface area contributed by atoms with Gasteiger partial charge < -0.3 is 5.73 Å². The molecule has 20 heavy (non-hydrogen) atoms. The van der Waals surface area contributed by atoms with Crippen LogP contribution in [0.5, 0.6) is 0 Å². The van der Waals surface area contributed by atoms with Crippen LogP contribution in [0.3, 0.4) is 0 Å². The third kappa shape index (κ3) is 5.97. The van der Waals surface area contributed by atoms with Crippen LogP contribution in [-0.4, -0.2) is 32.4 Å². The van der Waals surface area contributed by atoms with Crippen LogP contribution in [0.1, 0.15) is 45.4 Å². The van der Waals surface area contributed by atoms with Crippen molar-refractivity contribution >= 4 is 10.0 Å². The molecule has 1 rings (SSSR count). The molecule has 1 fully saturated rings. The molecule has 0 aromatic rings. The van der Waals surface area contributed by atoms with Gasteiger partial charge >= 0.3 is 6.18 Å². The molecule has 2 unspecified atom stereocenters. The number of hydrogen-bond donors (Lipinski definition) is 2. The lowest BCUT2D eigenvalue weighted by molar-refractivity contribution is -0.134. The van der Waals surface area contributed by atoms with Crippen LogP contribution in [0.2, 0.25) is 0 Å². The van der Waals surface area contributed by atoms with E-state index in [-0.39, 0.29) is 6.54 Å². The molecule has 0 amide bonds. The predicted octanol–water partition coefficient (Wildman–Crippen LogP) is 2.16. The van der Waals surface area contributed by atoms with Gasteiger partial charge in [0.25, 0.3) is 0 Å². The highest BCUT2D eigenvalue weighted by Gasteiger charge is 2.37. The molecule has 0 heterocycles. The van der Waals surface area contributed by atoms with Crippen molar-refractivity contribution in [2.75, 3.05) is 12.3 Å². The van der Waals surface area contributed by atoms with Gasteiger partial charge in [0.1, 0.15) is 0 Å². The largest absolute Gasteiger partial charge is 0.389 e. The van der Waals surface area contributed by atoms with Crippen molar-refractivity contribution in [1.82, 2.24) is 4.72 Å². The summed E-state index contributed by atoms with van der Waals surface area (Å²) in [6, 6.07) is 0. The SMILES string of the molecule is CC1CCCC(CN)(NS(=O)(=O)CCCC(F)(F)F)C1. The number of rotatable bonds is 6. The molecule has 0 saturated heterocycles. The molecular formula is C12H23F3N2O2S. The maximum Gasteiger partial charge on any atom is 0.389 e. The van der Waals surface area contributed by atoms with Crippen LogP contribution < -0.4 is 10.5 Å². The number of sulfonamides is 1. The van der Waals surface area contributed by atoms with Crippen LogP contribution in [0.15, 0.2) is 0 Å². The molecule has 1 saturated carbocycles. The molecule has 0 aromatic carbocycles. The summed E-state index contributed by atoms with van der Waals surface area (Å²) in [5.41, 5.74) is 5.01. The van der Waals surface area contributed by atoms with Crippen LogP contribution in [0, 0.1) is 5.92 Å². The Morgan fingerprint density at radius 2 is 2.05 bits per heavy atom. The van der Waals surface area contributed by atoms with E-state index in [0.29, 0.717) is 18.8 Å². The van der Waals surface area contributed by atoms with Crippen LogP contribution in [0.25, 0.3) is 0 Å². The molecule has 0 radical (unpaired) electrons. The van der Waals surface area contributed by atoms with Gasteiger partial charge in [0.15, 0.2) is 0 Å². The quantitative estimate of drug-likeness (QED) is 0.789. The first kappa shape index (κ1) is 17.7. The average molecular weight is 316 g/mol. The maximum absolute atomic E-state index is 12.0. The molecule has 4 nitrogen and oxygen atoms in total. The van der Waals surface area contributed by atoms with E-state index in [9.17, 15) is 21.6 Å². The standard InChI is InChI=1S/C12H23F3N2O2S/c1-10-4-2-5-11(8-10,9-16)17-20(18,19)7-3-6-12(13,14)15/h10,17H,2-9,16H2,1H3. The summed E-state index contributed by atoms with van der Waals surface area (Å²) >= 11 is 0. The summed E-state index contributed by atoms with van der Waals surface area (Å²) in [6.45, 7) is 2.21. The molecular weight excluding hydrogens is 293 g/mol. The summed E-state index contributed by atoms with van der Waals surface area (Å²) in [5.74, 6) is -0.145. The second-order valence-electron chi connectivity index (χ2n) is 5.83. The summed E-state index contributed by atoms with van der Waals surface area (Å²) in [5, 5.41) is 0.